The van der Waals surface area contributed by atoms with Gasteiger partial charge >= 0.3 is 0 Å². The summed E-state index contributed by atoms with van der Waals surface area (Å²) in [5.41, 5.74) is 1.96. The molecule has 0 spiro atoms. The van der Waals surface area contributed by atoms with Gasteiger partial charge in [0.05, 0.1) is 22.5 Å². The molecule has 4 aromatic rings. The topological polar surface area (TPSA) is 33.2 Å². The van der Waals surface area contributed by atoms with Crippen molar-refractivity contribution in [2.24, 2.45) is 0 Å². The maximum atomic E-state index is 13.2. The minimum Gasteiger partial charge on any atom is -0.283 e. The van der Waals surface area contributed by atoms with E-state index in [-0.39, 0.29) is 5.91 Å². The number of hydrogen-bond donors (Lipinski definition) is 0. The van der Waals surface area contributed by atoms with Crippen LogP contribution in [0.1, 0.15) is 5.56 Å². The van der Waals surface area contributed by atoms with Crippen molar-refractivity contribution in [1.82, 2.24) is 4.98 Å². The number of fused-ring (bicyclic) bond motifs is 1. The predicted octanol–water partition coefficient (Wildman–Crippen LogP) is 7.04. The fourth-order valence-electron chi connectivity index (χ4n) is 2.78. The number of aromatic nitrogens is 1. The van der Waals surface area contributed by atoms with Gasteiger partial charge in [-0.15, -0.1) is 11.8 Å². The van der Waals surface area contributed by atoms with Crippen LogP contribution in [0, 0.1) is 0 Å². The summed E-state index contributed by atoms with van der Waals surface area (Å²) in [7, 11) is 0. The maximum absolute atomic E-state index is 13.2. The zero-order chi connectivity index (χ0) is 20.2. The number of thioether (sulfide) groups is 1. The molecule has 1 aromatic heterocycles. The van der Waals surface area contributed by atoms with Crippen LogP contribution in [0.3, 0.4) is 0 Å². The second kappa shape index (κ2) is 9.30. The van der Waals surface area contributed by atoms with Crippen molar-refractivity contribution in [2.75, 3.05) is 10.7 Å². The van der Waals surface area contributed by atoms with Crippen molar-refractivity contribution >= 4 is 71.9 Å². The molecule has 0 fully saturated rings. The molecular weight excluding hydrogens is 488 g/mol. The van der Waals surface area contributed by atoms with Crippen molar-refractivity contribution in [3.63, 3.8) is 0 Å². The van der Waals surface area contributed by atoms with Crippen LogP contribution in [0.15, 0.2) is 82.2 Å². The van der Waals surface area contributed by atoms with Gasteiger partial charge in [-0.2, -0.15) is 0 Å². The van der Waals surface area contributed by atoms with Crippen LogP contribution in [-0.4, -0.2) is 16.6 Å². The van der Waals surface area contributed by atoms with E-state index < -0.39 is 0 Å². The molecule has 3 nitrogen and oxygen atoms in total. The number of carbonyl (C=O) groups excluding carboxylic acids is 1. The molecule has 0 radical (unpaired) electrons. The van der Waals surface area contributed by atoms with Gasteiger partial charge in [0.25, 0.3) is 0 Å². The van der Waals surface area contributed by atoms with E-state index in [9.17, 15) is 4.79 Å². The maximum Gasteiger partial charge on any atom is 0.239 e. The quantitative estimate of drug-likeness (QED) is 0.265. The molecule has 1 amide bonds. The summed E-state index contributed by atoms with van der Waals surface area (Å²) in [6, 6.07) is 23.5. The summed E-state index contributed by atoms with van der Waals surface area (Å²) in [4.78, 5) is 20.7. The van der Waals surface area contributed by atoms with Gasteiger partial charge in [0.1, 0.15) is 0 Å². The van der Waals surface area contributed by atoms with Gasteiger partial charge in [-0.3, -0.25) is 9.69 Å². The first kappa shape index (κ1) is 20.4. The summed E-state index contributed by atoms with van der Waals surface area (Å²) >= 11 is 12.5. The zero-order valence-corrected chi connectivity index (χ0v) is 19.2. The fourth-order valence-corrected chi connectivity index (χ4v) is 5.22. The molecular formula is C22H16BrClN2OS2. The summed E-state index contributed by atoms with van der Waals surface area (Å²) < 4.78 is 2.05. The second-order valence-corrected chi connectivity index (χ2v) is 9.73. The Balaban J connectivity index is 1.59. The minimum atomic E-state index is 0.0203. The Hall–Kier alpha value is -1.86. The standard InChI is InChI=1S/C22H16BrClN2OS2/c23-16-6-11-19-20(12-16)29-22(25-19)26(13-15-4-2-1-3-5-15)21(27)14-28-18-9-7-17(24)8-10-18/h1-12H,13-14H2. The van der Waals surface area contributed by atoms with Gasteiger partial charge in [0.2, 0.25) is 5.91 Å². The highest BCUT2D eigenvalue weighted by Crippen LogP contribution is 2.32. The first-order valence-corrected chi connectivity index (χ1v) is 11.8. The molecule has 146 valence electrons. The Morgan fingerprint density at radius 3 is 2.59 bits per heavy atom. The van der Waals surface area contributed by atoms with Gasteiger partial charge in [-0.25, -0.2) is 4.98 Å². The number of halogens is 2. The molecule has 0 unspecified atom stereocenters. The van der Waals surface area contributed by atoms with Crippen LogP contribution in [0.25, 0.3) is 10.2 Å². The van der Waals surface area contributed by atoms with Crippen molar-refractivity contribution in [2.45, 2.75) is 11.4 Å². The molecule has 1 heterocycles. The van der Waals surface area contributed by atoms with Crippen LogP contribution < -0.4 is 4.90 Å². The van der Waals surface area contributed by atoms with Gasteiger partial charge in [0.15, 0.2) is 5.13 Å². The van der Waals surface area contributed by atoms with Crippen LogP contribution in [0.2, 0.25) is 5.02 Å². The Kier molecular flexibility index (Phi) is 6.55. The highest BCUT2D eigenvalue weighted by Gasteiger charge is 2.20. The van der Waals surface area contributed by atoms with Crippen molar-refractivity contribution in [1.29, 1.82) is 0 Å². The normalized spacial score (nSPS) is 11.0. The lowest BCUT2D eigenvalue weighted by Gasteiger charge is -2.20. The van der Waals surface area contributed by atoms with Crippen molar-refractivity contribution in [3.8, 4) is 0 Å². The third-order valence-electron chi connectivity index (χ3n) is 4.23. The molecule has 0 saturated heterocycles. The summed E-state index contributed by atoms with van der Waals surface area (Å²) in [6.45, 7) is 0.488. The number of anilines is 1. The van der Waals surface area contributed by atoms with E-state index in [1.54, 1.807) is 4.90 Å². The first-order valence-electron chi connectivity index (χ1n) is 8.87. The van der Waals surface area contributed by atoms with Crippen molar-refractivity contribution in [3.05, 3.63) is 87.9 Å². The SMILES string of the molecule is O=C(CSc1ccc(Cl)cc1)N(Cc1ccccc1)c1nc2ccc(Br)cc2s1. The molecule has 0 aliphatic rings. The Bertz CT molecular complexity index is 1130. The highest BCUT2D eigenvalue weighted by molar-refractivity contribution is 9.10. The molecule has 0 atom stereocenters. The van der Waals surface area contributed by atoms with Crippen LogP contribution in [-0.2, 0) is 11.3 Å². The van der Waals surface area contributed by atoms with Crippen molar-refractivity contribution < 1.29 is 4.79 Å². The third-order valence-corrected chi connectivity index (χ3v) is 7.01. The van der Waals surface area contributed by atoms with E-state index >= 15 is 0 Å². The highest BCUT2D eigenvalue weighted by atomic mass is 79.9. The fraction of sp³-hybridized carbons (Fsp3) is 0.0909. The van der Waals surface area contributed by atoms with Crippen LogP contribution in [0.4, 0.5) is 5.13 Å². The number of carbonyl (C=O) groups is 1. The molecule has 0 aliphatic heterocycles. The molecule has 29 heavy (non-hydrogen) atoms. The number of rotatable bonds is 6. The monoisotopic (exact) mass is 502 g/mol. The van der Waals surface area contributed by atoms with Gasteiger partial charge in [-0.1, -0.05) is 69.2 Å². The largest absolute Gasteiger partial charge is 0.283 e. The summed E-state index contributed by atoms with van der Waals surface area (Å²) in [6.07, 6.45) is 0. The minimum absolute atomic E-state index is 0.0203. The second-order valence-electron chi connectivity index (χ2n) is 6.32. The Morgan fingerprint density at radius 1 is 1.07 bits per heavy atom. The molecule has 0 N–H and O–H groups in total. The number of hydrogen-bond acceptors (Lipinski definition) is 4. The van der Waals surface area contributed by atoms with Crippen LogP contribution in [0.5, 0.6) is 0 Å². The lowest BCUT2D eigenvalue weighted by Crippen LogP contribution is -2.31. The first-order chi connectivity index (χ1) is 14.1. The molecule has 0 saturated carbocycles. The van der Waals surface area contributed by atoms with E-state index in [1.165, 1.54) is 23.1 Å². The number of nitrogens with zero attached hydrogens (tertiary/aromatic N) is 2. The summed E-state index contributed by atoms with van der Waals surface area (Å²) in [5.74, 6) is 0.348. The Morgan fingerprint density at radius 2 is 1.83 bits per heavy atom. The average Bonchev–Trinajstić information content (AvgIpc) is 3.15. The van der Waals surface area contributed by atoms with Gasteiger partial charge in [-0.05, 0) is 48.0 Å². The molecule has 7 heteroatoms. The number of thiazole rings is 1. The lowest BCUT2D eigenvalue weighted by molar-refractivity contribution is -0.116. The predicted molar refractivity (Wildman–Crippen MR) is 127 cm³/mol. The third kappa shape index (κ3) is 5.20. The smallest absolute Gasteiger partial charge is 0.239 e. The average molecular weight is 504 g/mol. The van der Waals surface area contributed by atoms with E-state index in [4.69, 9.17) is 16.6 Å². The van der Waals surface area contributed by atoms with Crippen LogP contribution >= 0.6 is 50.6 Å². The number of amides is 1. The Labute approximate surface area is 190 Å². The van der Waals surface area contributed by atoms with Gasteiger partial charge in [0, 0.05) is 14.4 Å². The zero-order valence-electron chi connectivity index (χ0n) is 15.2. The van der Waals surface area contributed by atoms with Gasteiger partial charge < -0.3 is 0 Å². The van der Waals surface area contributed by atoms with E-state index in [0.29, 0.717) is 22.5 Å². The van der Waals surface area contributed by atoms with E-state index in [1.807, 2.05) is 72.8 Å². The molecule has 0 aliphatic carbocycles. The lowest BCUT2D eigenvalue weighted by atomic mass is 10.2. The molecule has 4 rings (SSSR count). The summed E-state index contributed by atoms with van der Waals surface area (Å²) in [5, 5.41) is 1.40. The molecule has 3 aromatic carbocycles. The molecule has 0 bridgehead atoms. The number of benzene rings is 3. The van der Waals surface area contributed by atoms with E-state index in [0.717, 1.165) is 25.1 Å². The van der Waals surface area contributed by atoms with E-state index in [2.05, 4.69) is 15.9 Å².